The van der Waals surface area contributed by atoms with Gasteiger partial charge < -0.3 is 15.2 Å². The average molecular weight is 367 g/mol. The quantitative estimate of drug-likeness (QED) is 0.768. The molecular weight excluding hydrogens is 342 g/mol. The summed E-state index contributed by atoms with van der Waals surface area (Å²) in [5.74, 6) is -1.04. The molecule has 2 atom stereocenters. The SMILES string of the molecule is O=C(N[C@@H](c1ccccc1)[C@H](O)C(=O)OC1CCCCC1)c1ccccc1. The van der Waals surface area contributed by atoms with Crippen LogP contribution in [-0.2, 0) is 9.53 Å². The van der Waals surface area contributed by atoms with Crippen molar-refractivity contribution < 1.29 is 19.4 Å². The number of carbonyl (C=O) groups excluding carboxylic acids is 2. The predicted octanol–water partition coefficient (Wildman–Crippen LogP) is 3.39. The number of hydrogen-bond acceptors (Lipinski definition) is 4. The fourth-order valence-corrected chi connectivity index (χ4v) is 3.37. The van der Waals surface area contributed by atoms with Gasteiger partial charge in [-0.1, -0.05) is 55.0 Å². The highest BCUT2D eigenvalue weighted by atomic mass is 16.6. The highest BCUT2D eigenvalue weighted by molar-refractivity contribution is 5.94. The summed E-state index contributed by atoms with van der Waals surface area (Å²) in [6, 6.07) is 16.8. The molecule has 5 nitrogen and oxygen atoms in total. The minimum Gasteiger partial charge on any atom is -0.460 e. The van der Waals surface area contributed by atoms with E-state index in [1.165, 1.54) is 0 Å². The number of aliphatic hydroxyl groups is 1. The molecule has 0 aliphatic heterocycles. The Kier molecular flexibility index (Phi) is 6.60. The van der Waals surface area contributed by atoms with Crippen LogP contribution in [0.5, 0.6) is 0 Å². The van der Waals surface area contributed by atoms with E-state index >= 15 is 0 Å². The number of hydrogen-bond donors (Lipinski definition) is 2. The third kappa shape index (κ3) is 5.17. The van der Waals surface area contributed by atoms with E-state index in [9.17, 15) is 14.7 Å². The molecule has 5 heteroatoms. The van der Waals surface area contributed by atoms with Crippen molar-refractivity contribution in [2.45, 2.75) is 50.4 Å². The third-order valence-corrected chi connectivity index (χ3v) is 4.87. The number of carbonyl (C=O) groups is 2. The number of aliphatic hydroxyl groups excluding tert-OH is 1. The lowest BCUT2D eigenvalue weighted by Gasteiger charge is -2.27. The molecule has 0 spiro atoms. The number of esters is 1. The van der Waals surface area contributed by atoms with Crippen LogP contribution in [0.4, 0.5) is 0 Å². The van der Waals surface area contributed by atoms with Crippen molar-refractivity contribution in [1.29, 1.82) is 0 Å². The van der Waals surface area contributed by atoms with Crippen LogP contribution >= 0.6 is 0 Å². The van der Waals surface area contributed by atoms with Gasteiger partial charge in [-0.15, -0.1) is 0 Å². The highest BCUT2D eigenvalue weighted by Crippen LogP contribution is 2.23. The van der Waals surface area contributed by atoms with Crippen LogP contribution in [0.1, 0.15) is 54.1 Å². The fourth-order valence-electron chi connectivity index (χ4n) is 3.37. The number of amides is 1. The Morgan fingerprint density at radius 2 is 1.52 bits per heavy atom. The summed E-state index contributed by atoms with van der Waals surface area (Å²) in [4.78, 5) is 25.1. The largest absolute Gasteiger partial charge is 0.460 e. The van der Waals surface area contributed by atoms with Crippen LogP contribution in [-0.4, -0.2) is 29.2 Å². The molecule has 0 radical (unpaired) electrons. The maximum Gasteiger partial charge on any atom is 0.337 e. The topological polar surface area (TPSA) is 75.6 Å². The van der Waals surface area contributed by atoms with E-state index in [2.05, 4.69) is 5.32 Å². The molecule has 27 heavy (non-hydrogen) atoms. The van der Waals surface area contributed by atoms with Gasteiger partial charge in [0, 0.05) is 5.56 Å². The minimum atomic E-state index is -1.47. The van der Waals surface area contributed by atoms with E-state index in [0.717, 1.165) is 32.1 Å². The molecule has 1 amide bonds. The van der Waals surface area contributed by atoms with E-state index < -0.39 is 18.1 Å². The fraction of sp³-hybridized carbons (Fsp3) is 0.364. The second kappa shape index (κ2) is 9.33. The van der Waals surface area contributed by atoms with Gasteiger partial charge >= 0.3 is 5.97 Å². The summed E-state index contributed by atoms with van der Waals surface area (Å²) in [7, 11) is 0. The summed E-state index contributed by atoms with van der Waals surface area (Å²) in [6.07, 6.45) is 3.23. The van der Waals surface area contributed by atoms with Gasteiger partial charge in [-0.05, 0) is 43.4 Å². The first kappa shape index (κ1) is 19.1. The molecule has 0 unspecified atom stereocenters. The average Bonchev–Trinajstić information content (AvgIpc) is 2.73. The zero-order chi connectivity index (χ0) is 19.1. The predicted molar refractivity (Wildman–Crippen MR) is 102 cm³/mol. The summed E-state index contributed by atoms with van der Waals surface area (Å²) in [5.41, 5.74) is 1.11. The Morgan fingerprint density at radius 3 is 2.15 bits per heavy atom. The standard InChI is InChI=1S/C22H25NO4/c24-20(22(26)27-18-14-8-3-9-15-18)19(16-10-4-1-5-11-16)23-21(25)17-12-6-2-7-13-17/h1-2,4-7,10-13,18-20,24H,3,8-9,14-15H2,(H,23,25)/t19-,20-/m0/s1. The first-order valence-electron chi connectivity index (χ1n) is 9.44. The van der Waals surface area contributed by atoms with Crippen LogP contribution in [0.15, 0.2) is 60.7 Å². The van der Waals surface area contributed by atoms with Gasteiger partial charge in [0.1, 0.15) is 6.10 Å². The second-order valence-corrected chi connectivity index (χ2v) is 6.87. The Morgan fingerprint density at radius 1 is 0.926 bits per heavy atom. The first-order chi connectivity index (χ1) is 13.1. The normalized spacial score (nSPS) is 16.9. The van der Waals surface area contributed by atoms with E-state index in [1.54, 1.807) is 48.5 Å². The van der Waals surface area contributed by atoms with E-state index in [-0.39, 0.29) is 12.0 Å². The first-order valence-corrected chi connectivity index (χ1v) is 9.44. The molecule has 0 saturated heterocycles. The zero-order valence-corrected chi connectivity index (χ0v) is 15.2. The molecule has 3 rings (SSSR count). The lowest BCUT2D eigenvalue weighted by atomic mass is 9.97. The van der Waals surface area contributed by atoms with Crippen LogP contribution < -0.4 is 5.32 Å². The summed E-state index contributed by atoms with van der Waals surface area (Å²) >= 11 is 0. The molecule has 0 heterocycles. The monoisotopic (exact) mass is 367 g/mol. The molecule has 1 fully saturated rings. The molecule has 0 aromatic heterocycles. The summed E-state index contributed by atoms with van der Waals surface area (Å²) in [6.45, 7) is 0. The van der Waals surface area contributed by atoms with Gasteiger partial charge in [0.2, 0.25) is 0 Å². The number of benzene rings is 2. The second-order valence-electron chi connectivity index (χ2n) is 6.87. The number of ether oxygens (including phenoxy) is 1. The van der Waals surface area contributed by atoms with Gasteiger partial charge in [-0.3, -0.25) is 4.79 Å². The van der Waals surface area contributed by atoms with Crippen LogP contribution in [0.2, 0.25) is 0 Å². The lowest BCUT2D eigenvalue weighted by molar-refractivity contribution is -0.162. The van der Waals surface area contributed by atoms with Gasteiger partial charge in [-0.2, -0.15) is 0 Å². The molecule has 2 aromatic rings. The van der Waals surface area contributed by atoms with Crippen LogP contribution in [0.3, 0.4) is 0 Å². The molecule has 1 aliphatic carbocycles. The zero-order valence-electron chi connectivity index (χ0n) is 15.2. The van der Waals surface area contributed by atoms with Crippen LogP contribution in [0, 0.1) is 0 Å². The molecule has 2 N–H and O–H groups in total. The van der Waals surface area contributed by atoms with Crippen molar-refractivity contribution in [1.82, 2.24) is 5.32 Å². The molecule has 142 valence electrons. The lowest BCUT2D eigenvalue weighted by Crippen LogP contribution is -2.42. The Bertz CT molecular complexity index is 741. The Balaban J connectivity index is 1.74. The minimum absolute atomic E-state index is 0.151. The molecule has 0 bridgehead atoms. The van der Waals surface area contributed by atoms with Gasteiger partial charge in [0.15, 0.2) is 6.10 Å². The summed E-state index contributed by atoms with van der Waals surface area (Å²) < 4.78 is 5.50. The number of nitrogens with one attached hydrogen (secondary N) is 1. The number of rotatable bonds is 6. The van der Waals surface area contributed by atoms with Gasteiger partial charge in [0.05, 0.1) is 6.04 Å². The molecule has 1 aliphatic rings. The Labute approximate surface area is 159 Å². The van der Waals surface area contributed by atoms with Gasteiger partial charge in [-0.25, -0.2) is 4.79 Å². The highest BCUT2D eigenvalue weighted by Gasteiger charge is 2.32. The third-order valence-electron chi connectivity index (χ3n) is 4.87. The maximum absolute atomic E-state index is 12.6. The summed E-state index contributed by atoms with van der Waals surface area (Å²) in [5, 5.41) is 13.4. The van der Waals surface area contributed by atoms with Crippen molar-refractivity contribution in [3.8, 4) is 0 Å². The van der Waals surface area contributed by atoms with E-state index in [0.29, 0.717) is 11.1 Å². The molecule has 1 saturated carbocycles. The van der Waals surface area contributed by atoms with Crippen molar-refractivity contribution in [2.24, 2.45) is 0 Å². The van der Waals surface area contributed by atoms with Crippen molar-refractivity contribution in [2.75, 3.05) is 0 Å². The maximum atomic E-state index is 12.6. The Hall–Kier alpha value is -2.66. The molecule has 2 aromatic carbocycles. The van der Waals surface area contributed by atoms with Crippen LogP contribution in [0.25, 0.3) is 0 Å². The van der Waals surface area contributed by atoms with Gasteiger partial charge in [0.25, 0.3) is 5.91 Å². The smallest absolute Gasteiger partial charge is 0.337 e. The molecular formula is C22H25NO4. The van der Waals surface area contributed by atoms with Crippen molar-refractivity contribution in [3.05, 3.63) is 71.8 Å². The van der Waals surface area contributed by atoms with Crippen molar-refractivity contribution >= 4 is 11.9 Å². The van der Waals surface area contributed by atoms with Crippen molar-refractivity contribution in [3.63, 3.8) is 0 Å². The van der Waals surface area contributed by atoms with E-state index in [1.807, 2.05) is 12.1 Å². The van der Waals surface area contributed by atoms with E-state index in [4.69, 9.17) is 4.74 Å².